The zero-order valence-electron chi connectivity index (χ0n) is 13.2. The maximum Gasteiger partial charge on any atom is 0.334 e. The summed E-state index contributed by atoms with van der Waals surface area (Å²) < 4.78 is 5.04. The Kier molecular flexibility index (Phi) is 6.01. The minimum absolute atomic E-state index is 0.0189. The zero-order valence-corrected chi connectivity index (χ0v) is 13.2. The molecule has 0 saturated carbocycles. The zero-order chi connectivity index (χ0) is 18.4. The Balaban J connectivity index is 1.79. The standard InChI is InChI=1S/C15H17N3O7/c19-13(17-7-8-25-12(9-17)15(21)22)5-6-16-14(20)10-1-3-11(4-2-10)18(23)24/h1-4,12H,5-9H2,(H,16,20)(H,21,22). The fourth-order valence-electron chi connectivity index (χ4n) is 2.30. The van der Waals surface area contributed by atoms with Gasteiger partial charge >= 0.3 is 5.97 Å². The van der Waals surface area contributed by atoms with Crippen LogP contribution in [0.15, 0.2) is 24.3 Å². The number of amides is 2. The molecule has 1 atom stereocenters. The van der Waals surface area contributed by atoms with E-state index in [0.29, 0.717) is 6.54 Å². The number of ether oxygens (including phenoxy) is 1. The van der Waals surface area contributed by atoms with Crippen LogP contribution in [0.3, 0.4) is 0 Å². The summed E-state index contributed by atoms with van der Waals surface area (Å²) in [6, 6.07) is 5.10. The minimum Gasteiger partial charge on any atom is -0.479 e. The molecule has 0 bridgehead atoms. The molecule has 1 aliphatic rings. The van der Waals surface area contributed by atoms with Crippen LogP contribution in [-0.4, -0.2) is 65.1 Å². The second kappa shape index (κ2) is 8.20. The monoisotopic (exact) mass is 351 g/mol. The lowest BCUT2D eigenvalue weighted by molar-refractivity contribution is -0.384. The maximum atomic E-state index is 12.1. The molecule has 0 aromatic heterocycles. The van der Waals surface area contributed by atoms with Crippen LogP contribution in [-0.2, 0) is 14.3 Å². The predicted octanol–water partition coefficient (Wildman–Crippen LogP) is 0.0267. The number of carbonyl (C=O) groups is 3. The summed E-state index contributed by atoms with van der Waals surface area (Å²) in [7, 11) is 0. The van der Waals surface area contributed by atoms with Gasteiger partial charge in [-0.25, -0.2) is 4.79 Å². The molecule has 1 fully saturated rings. The number of benzene rings is 1. The molecule has 1 aromatic rings. The highest BCUT2D eigenvalue weighted by Crippen LogP contribution is 2.12. The molecule has 25 heavy (non-hydrogen) atoms. The van der Waals surface area contributed by atoms with Crippen molar-refractivity contribution in [3.63, 3.8) is 0 Å². The van der Waals surface area contributed by atoms with Crippen molar-refractivity contribution in [3.05, 3.63) is 39.9 Å². The van der Waals surface area contributed by atoms with E-state index < -0.39 is 22.9 Å². The van der Waals surface area contributed by atoms with E-state index in [1.54, 1.807) is 0 Å². The largest absolute Gasteiger partial charge is 0.479 e. The van der Waals surface area contributed by atoms with Crippen molar-refractivity contribution in [2.75, 3.05) is 26.2 Å². The van der Waals surface area contributed by atoms with Crippen LogP contribution >= 0.6 is 0 Å². The van der Waals surface area contributed by atoms with Crippen LogP contribution < -0.4 is 5.32 Å². The normalized spacial score (nSPS) is 17.0. The molecular weight excluding hydrogens is 334 g/mol. The summed E-state index contributed by atoms with van der Waals surface area (Å²) in [6.45, 7) is 0.505. The molecule has 1 aliphatic heterocycles. The Labute approximate surface area is 142 Å². The SMILES string of the molecule is O=C(NCCC(=O)N1CCOC(C(=O)O)C1)c1ccc([N+](=O)[O-])cc1. The van der Waals surface area contributed by atoms with E-state index in [-0.39, 0.29) is 43.3 Å². The number of aliphatic carboxylic acids is 1. The Hall–Kier alpha value is -3.01. The van der Waals surface area contributed by atoms with Crippen molar-refractivity contribution in [1.29, 1.82) is 0 Å². The average Bonchev–Trinajstić information content (AvgIpc) is 2.61. The summed E-state index contributed by atoms with van der Waals surface area (Å²) in [6.07, 6.45) is -1.02. The molecule has 1 saturated heterocycles. The van der Waals surface area contributed by atoms with Gasteiger partial charge < -0.3 is 20.1 Å². The van der Waals surface area contributed by atoms with Crippen molar-refractivity contribution in [1.82, 2.24) is 10.2 Å². The minimum atomic E-state index is -1.12. The number of nitro benzene ring substituents is 1. The van der Waals surface area contributed by atoms with Gasteiger partial charge in [0.05, 0.1) is 18.1 Å². The summed E-state index contributed by atoms with van der Waals surface area (Å²) in [5, 5.41) is 22.0. The average molecular weight is 351 g/mol. The van der Waals surface area contributed by atoms with Gasteiger partial charge in [-0.05, 0) is 12.1 Å². The first-order valence-electron chi connectivity index (χ1n) is 7.53. The number of nitro groups is 1. The van der Waals surface area contributed by atoms with E-state index >= 15 is 0 Å². The quantitative estimate of drug-likeness (QED) is 0.544. The molecule has 0 radical (unpaired) electrons. The van der Waals surface area contributed by atoms with Gasteiger partial charge in [0.25, 0.3) is 11.6 Å². The highest BCUT2D eigenvalue weighted by atomic mass is 16.6. The molecule has 10 nitrogen and oxygen atoms in total. The number of carbonyl (C=O) groups excluding carboxylic acids is 2. The van der Waals surface area contributed by atoms with Crippen LogP contribution in [0, 0.1) is 10.1 Å². The van der Waals surface area contributed by atoms with Crippen molar-refractivity contribution >= 4 is 23.5 Å². The fourth-order valence-corrected chi connectivity index (χ4v) is 2.30. The number of nitrogens with zero attached hydrogens (tertiary/aromatic N) is 2. The summed E-state index contributed by atoms with van der Waals surface area (Å²) in [4.78, 5) is 46.3. The Morgan fingerprint density at radius 2 is 2.00 bits per heavy atom. The first-order valence-corrected chi connectivity index (χ1v) is 7.53. The van der Waals surface area contributed by atoms with Crippen LogP contribution in [0.25, 0.3) is 0 Å². The lowest BCUT2D eigenvalue weighted by Crippen LogP contribution is -2.49. The van der Waals surface area contributed by atoms with Crippen LogP contribution in [0.4, 0.5) is 5.69 Å². The van der Waals surface area contributed by atoms with Gasteiger partial charge in [-0.3, -0.25) is 19.7 Å². The number of hydrogen-bond acceptors (Lipinski definition) is 6. The molecule has 0 aliphatic carbocycles. The van der Waals surface area contributed by atoms with Gasteiger partial charge in [0, 0.05) is 37.2 Å². The topological polar surface area (TPSA) is 139 Å². The maximum absolute atomic E-state index is 12.1. The molecule has 2 N–H and O–H groups in total. The van der Waals surface area contributed by atoms with Gasteiger partial charge in [0.1, 0.15) is 0 Å². The van der Waals surface area contributed by atoms with Crippen molar-refractivity contribution in [2.45, 2.75) is 12.5 Å². The lowest BCUT2D eigenvalue weighted by atomic mass is 10.2. The van der Waals surface area contributed by atoms with Crippen LogP contribution in [0.1, 0.15) is 16.8 Å². The summed E-state index contributed by atoms with van der Waals surface area (Å²) >= 11 is 0. The number of nitrogens with one attached hydrogen (secondary N) is 1. The Morgan fingerprint density at radius 3 is 2.60 bits per heavy atom. The van der Waals surface area contributed by atoms with E-state index in [4.69, 9.17) is 9.84 Å². The number of carboxylic acids is 1. The van der Waals surface area contributed by atoms with Crippen LogP contribution in [0.5, 0.6) is 0 Å². The first kappa shape index (κ1) is 18.3. The lowest BCUT2D eigenvalue weighted by Gasteiger charge is -2.30. The molecule has 1 aromatic carbocycles. The summed E-state index contributed by atoms with van der Waals surface area (Å²) in [5.41, 5.74) is 0.127. The van der Waals surface area contributed by atoms with Gasteiger partial charge in [-0.2, -0.15) is 0 Å². The molecular formula is C15H17N3O7. The predicted molar refractivity (Wildman–Crippen MR) is 84.0 cm³/mol. The highest BCUT2D eigenvalue weighted by molar-refractivity contribution is 5.94. The van der Waals surface area contributed by atoms with E-state index in [2.05, 4.69) is 5.32 Å². The number of non-ortho nitro benzene ring substituents is 1. The van der Waals surface area contributed by atoms with Gasteiger partial charge in [0.2, 0.25) is 5.91 Å². The Bertz CT molecular complexity index is 674. The molecule has 134 valence electrons. The Morgan fingerprint density at radius 1 is 1.32 bits per heavy atom. The first-order chi connectivity index (χ1) is 11.9. The number of carboxylic acid groups (broad SMARTS) is 1. The second-order valence-electron chi connectivity index (χ2n) is 5.35. The van der Waals surface area contributed by atoms with E-state index in [1.807, 2.05) is 0 Å². The molecule has 2 amide bonds. The second-order valence-corrected chi connectivity index (χ2v) is 5.35. The molecule has 1 heterocycles. The number of morpholine rings is 1. The fraction of sp³-hybridized carbons (Fsp3) is 0.400. The van der Waals surface area contributed by atoms with Crippen LogP contribution in [0.2, 0.25) is 0 Å². The van der Waals surface area contributed by atoms with E-state index in [9.17, 15) is 24.5 Å². The molecule has 0 spiro atoms. The van der Waals surface area contributed by atoms with Crippen molar-refractivity contribution in [2.24, 2.45) is 0 Å². The van der Waals surface area contributed by atoms with Crippen molar-refractivity contribution in [3.8, 4) is 0 Å². The van der Waals surface area contributed by atoms with Crippen molar-refractivity contribution < 1.29 is 29.2 Å². The van der Waals surface area contributed by atoms with E-state index in [1.165, 1.54) is 29.2 Å². The highest BCUT2D eigenvalue weighted by Gasteiger charge is 2.28. The number of rotatable bonds is 6. The molecule has 2 rings (SSSR count). The summed E-state index contributed by atoms with van der Waals surface area (Å²) in [5.74, 6) is -1.85. The van der Waals surface area contributed by atoms with E-state index in [0.717, 1.165) is 0 Å². The van der Waals surface area contributed by atoms with Gasteiger partial charge in [-0.1, -0.05) is 0 Å². The van der Waals surface area contributed by atoms with Gasteiger partial charge in [-0.15, -0.1) is 0 Å². The number of hydrogen-bond donors (Lipinski definition) is 2. The van der Waals surface area contributed by atoms with Gasteiger partial charge in [0.15, 0.2) is 6.10 Å². The third-order valence-corrected chi connectivity index (χ3v) is 3.66. The third-order valence-electron chi connectivity index (χ3n) is 3.66. The molecule has 1 unspecified atom stereocenters. The smallest absolute Gasteiger partial charge is 0.334 e. The molecule has 10 heteroatoms. The third kappa shape index (κ3) is 4.98.